The highest BCUT2D eigenvalue weighted by atomic mass is 32.2. The van der Waals surface area contributed by atoms with E-state index in [-0.39, 0.29) is 0 Å². The first-order chi connectivity index (χ1) is 14.7. The molecule has 2 aromatic carbocycles. The quantitative estimate of drug-likeness (QED) is 0.394. The van der Waals surface area contributed by atoms with Crippen LogP contribution in [0.25, 0.3) is 33.2 Å². The SMILES string of the molecule is CCCC[S+]([O-])CCOc1cccc2cc(-c3nc4cnccc4[nH]3)cc(OC)c12. The third kappa shape index (κ3) is 4.37. The Balaban J connectivity index is 1.62. The zero-order valence-electron chi connectivity index (χ0n) is 17.2. The van der Waals surface area contributed by atoms with E-state index in [1.807, 2.05) is 30.3 Å². The van der Waals surface area contributed by atoms with Crippen LogP contribution in [0, 0.1) is 0 Å². The molecule has 0 aliphatic heterocycles. The number of aromatic amines is 1. The predicted octanol–water partition coefficient (Wildman–Crippen LogP) is 4.71. The molecule has 0 radical (unpaired) electrons. The molecule has 0 amide bonds. The lowest BCUT2D eigenvalue weighted by Crippen LogP contribution is -2.17. The van der Waals surface area contributed by atoms with E-state index >= 15 is 0 Å². The van der Waals surface area contributed by atoms with Gasteiger partial charge in [-0.3, -0.25) is 4.98 Å². The Morgan fingerprint density at radius 1 is 1.13 bits per heavy atom. The van der Waals surface area contributed by atoms with Crippen LogP contribution in [0.2, 0.25) is 0 Å². The minimum atomic E-state index is -0.845. The number of rotatable bonds is 9. The van der Waals surface area contributed by atoms with Crippen LogP contribution < -0.4 is 9.47 Å². The average molecular weight is 424 g/mol. The molecule has 2 aromatic heterocycles. The third-order valence-corrected chi connectivity index (χ3v) is 6.34. The molecule has 4 rings (SSSR count). The fraction of sp³-hybridized carbons (Fsp3) is 0.304. The van der Waals surface area contributed by atoms with Crippen molar-refractivity contribution >= 4 is 33.0 Å². The second-order valence-electron chi connectivity index (χ2n) is 7.06. The van der Waals surface area contributed by atoms with Crippen molar-refractivity contribution in [1.82, 2.24) is 15.0 Å². The number of methoxy groups -OCH3 is 1. The summed E-state index contributed by atoms with van der Waals surface area (Å²) in [5.41, 5.74) is 2.68. The van der Waals surface area contributed by atoms with Gasteiger partial charge in [-0.1, -0.05) is 36.7 Å². The second-order valence-corrected chi connectivity index (χ2v) is 8.76. The summed E-state index contributed by atoms with van der Waals surface area (Å²) < 4.78 is 23.7. The molecule has 0 aliphatic carbocycles. The van der Waals surface area contributed by atoms with Crippen LogP contribution in [0.1, 0.15) is 19.8 Å². The van der Waals surface area contributed by atoms with Gasteiger partial charge >= 0.3 is 0 Å². The molecule has 0 saturated carbocycles. The standard InChI is InChI=1S/C23H25N3O3S/c1-3-4-11-30(27)12-10-29-20-7-5-6-16-13-17(14-21(28-2)22(16)20)23-25-18-8-9-24-15-19(18)26-23/h5-9,13-15H,3-4,10-12H2,1-2H3,(H,25,26). The van der Waals surface area contributed by atoms with Gasteiger partial charge in [0.25, 0.3) is 0 Å². The number of nitrogens with one attached hydrogen (secondary N) is 1. The lowest BCUT2D eigenvalue weighted by molar-refractivity contribution is 0.342. The number of hydrogen-bond donors (Lipinski definition) is 1. The Morgan fingerprint density at radius 3 is 2.83 bits per heavy atom. The summed E-state index contributed by atoms with van der Waals surface area (Å²) in [6, 6.07) is 11.8. The van der Waals surface area contributed by atoms with Crippen LogP contribution >= 0.6 is 0 Å². The first kappa shape index (κ1) is 20.5. The summed E-state index contributed by atoms with van der Waals surface area (Å²) in [5, 5.41) is 1.90. The number of imidazole rings is 1. The molecular formula is C23H25N3O3S. The van der Waals surface area contributed by atoms with E-state index in [1.165, 1.54) is 0 Å². The Kier molecular flexibility index (Phi) is 6.40. The predicted molar refractivity (Wildman–Crippen MR) is 122 cm³/mol. The maximum atomic E-state index is 12.0. The number of pyridine rings is 1. The van der Waals surface area contributed by atoms with Crippen molar-refractivity contribution in [3.05, 3.63) is 48.8 Å². The van der Waals surface area contributed by atoms with Gasteiger partial charge in [-0.05, 0) is 36.1 Å². The number of nitrogens with zero attached hydrogens (tertiary/aromatic N) is 2. The zero-order chi connectivity index (χ0) is 20.9. The minimum absolute atomic E-state index is 0.414. The molecular weight excluding hydrogens is 398 g/mol. The van der Waals surface area contributed by atoms with Gasteiger partial charge in [0.2, 0.25) is 0 Å². The van der Waals surface area contributed by atoms with Crippen LogP contribution in [-0.4, -0.2) is 44.7 Å². The van der Waals surface area contributed by atoms with Crippen molar-refractivity contribution in [1.29, 1.82) is 0 Å². The fourth-order valence-corrected chi connectivity index (χ4v) is 4.50. The van der Waals surface area contributed by atoms with Gasteiger partial charge in [-0.15, -0.1) is 0 Å². The van der Waals surface area contributed by atoms with E-state index in [0.29, 0.717) is 18.1 Å². The third-order valence-electron chi connectivity index (χ3n) is 4.98. The van der Waals surface area contributed by atoms with Crippen molar-refractivity contribution in [2.45, 2.75) is 19.8 Å². The maximum Gasteiger partial charge on any atom is 0.139 e. The van der Waals surface area contributed by atoms with Gasteiger partial charge in [0, 0.05) is 11.8 Å². The molecule has 30 heavy (non-hydrogen) atoms. The van der Waals surface area contributed by atoms with E-state index in [4.69, 9.17) is 9.47 Å². The molecule has 1 N–H and O–H groups in total. The maximum absolute atomic E-state index is 12.0. The molecule has 0 bridgehead atoms. The Bertz CT molecular complexity index is 1110. The number of unbranched alkanes of at least 4 members (excludes halogenated alkanes) is 1. The van der Waals surface area contributed by atoms with Gasteiger partial charge in [0.05, 0.1) is 24.2 Å². The minimum Gasteiger partial charge on any atom is -0.616 e. The van der Waals surface area contributed by atoms with Gasteiger partial charge in [-0.2, -0.15) is 0 Å². The van der Waals surface area contributed by atoms with E-state index in [2.05, 4.69) is 27.9 Å². The summed E-state index contributed by atoms with van der Waals surface area (Å²) in [6.45, 7) is 2.52. The normalized spacial score (nSPS) is 12.4. The summed E-state index contributed by atoms with van der Waals surface area (Å²) in [5.74, 6) is 3.47. The van der Waals surface area contributed by atoms with Crippen LogP contribution in [0.3, 0.4) is 0 Å². The molecule has 6 nitrogen and oxygen atoms in total. The Morgan fingerprint density at radius 2 is 2.03 bits per heavy atom. The highest BCUT2D eigenvalue weighted by molar-refractivity contribution is 7.91. The highest BCUT2D eigenvalue weighted by Gasteiger charge is 2.14. The summed E-state index contributed by atoms with van der Waals surface area (Å²) in [7, 11) is 1.65. The lowest BCUT2D eigenvalue weighted by atomic mass is 10.0. The zero-order valence-corrected chi connectivity index (χ0v) is 18.0. The fourth-order valence-electron chi connectivity index (χ4n) is 3.42. The number of benzene rings is 2. The van der Waals surface area contributed by atoms with Crippen molar-refractivity contribution in [2.75, 3.05) is 25.2 Å². The monoisotopic (exact) mass is 423 g/mol. The molecule has 0 fully saturated rings. The first-order valence-corrected chi connectivity index (χ1v) is 11.6. The first-order valence-electron chi connectivity index (χ1n) is 10.1. The van der Waals surface area contributed by atoms with Crippen LogP contribution in [-0.2, 0) is 11.2 Å². The molecule has 2 heterocycles. The van der Waals surface area contributed by atoms with Crippen LogP contribution in [0.4, 0.5) is 0 Å². The van der Waals surface area contributed by atoms with Crippen molar-refractivity contribution in [3.8, 4) is 22.9 Å². The average Bonchev–Trinajstić information content (AvgIpc) is 3.21. The Labute approximate surface area is 178 Å². The summed E-state index contributed by atoms with van der Waals surface area (Å²) >= 11 is -0.845. The molecule has 7 heteroatoms. The number of H-pyrrole nitrogens is 1. The van der Waals surface area contributed by atoms with Crippen LogP contribution in [0.15, 0.2) is 48.8 Å². The van der Waals surface area contributed by atoms with E-state index < -0.39 is 11.2 Å². The molecule has 1 atom stereocenters. The molecule has 0 saturated heterocycles. The van der Waals surface area contributed by atoms with Gasteiger partial charge in [-0.25, -0.2) is 4.98 Å². The highest BCUT2D eigenvalue weighted by Crippen LogP contribution is 2.37. The number of aromatic nitrogens is 3. The molecule has 156 valence electrons. The van der Waals surface area contributed by atoms with Crippen LogP contribution in [0.5, 0.6) is 11.5 Å². The van der Waals surface area contributed by atoms with Crippen molar-refractivity contribution in [3.63, 3.8) is 0 Å². The van der Waals surface area contributed by atoms with Gasteiger partial charge in [0.1, 0.15) is 41.0 Å². The second kappa shape index (κ2) is 9.36. The topological polar surface area (TPSA) is 83.1 Å². The van der Waals surface area contributed by atoms with Gasteiger partial charge in [0.15, 0.2) is 0 Å². The van der Waals surface area contributed by atoms with E-state index in [1.54, 1.807) is 19.5 Å². The Hall–Kier alpha value is -2.77. The summed E-state index contributed by atoms with van der Waals surface area (Å²) in [4.78, 5) is 12.1. The molecule has 0 spiro atoms. The largest absolute Gasteiger partial charge is 0.616 e. The molecule has 0 aliphatic rings. The van der Waals surface area contributed by atoms with E-state index in [9.17, 15) is 4.55 Å². The molecule has 1 unspecified atom stereocenters. The lowest BCUT2D eigenvalue weighted by Gasteiger charge is -2.15. The number of fused-ring (bicyclic) bond motifs is 2. The smallest absolute Gasteiger partial charge is 0.139 e. The summed E-state index contributed by atoms with van der Waals surface area (Å²) in [6.07, 6.45) is 5.51. The number of ether oxygens (including phenoxy) is 2. The van der Waals surface area contributed by atoms with Crippen molar-refractivity contribution in [2.24, 2.45) is 0 Å². The number of hydrogen-bond acceptors (Lipinski definition) is 5. The van der Waals surface area contributed by atoms with Gasteiger partial charge < -0.3 is 19.0 Å². The van der Waals surface area contributed by atoms with E-state index in [0.717, 1.165) is 57.5 Å². The van der Waals surface area contributed by atoms with Crippen molar-refractivity contribution < 1.29 is 14.0 Å². The molecule has 4 aromatic rings.